The van der Waals surface area contributed by atoms with Crippen molar-refractivity contribution in [2.75, 3.05) is 5.73 Å². The molecule has 0 aromatic carbocycles. The zero-order valence-corrected chi connectivity index (χ0v) is 9.87. The van der Waals surface area contributed by atoms with Gasteiger partial charge in [-0.1, -0.05) is 6.92 Å². The molecular formula is C11H15N5O. The highest BCUT2D eigenvalue weighted by molar-refractivity contribution is 5.58. The minimum atomic E-state index is 0.0364. The molecule has 6 nitrogen and oxygen atoms in total. The second-order valence-electron chi connectivity index (χ2n) is 4.64. The van der Waals surface area contributed by atoms with Crippen molar-refractivity contribution in [3.8, 4) is 0 Å². The van der Waals surface area contributed by atoms with E-state index in [1.165, 1.54) is 6.33 Å². The van der Waals surface area contributed by atoms with Gasteiger partial charge < -0.3 is 10.5 Å². The molecule has 3 heterocycles. The maximum Gasteiger partial charge on any atom is 0.196 e. The summed E-state index contributed by atoms with van der Waals surface area (Å²) >= 11 is 0. The number of hydrogen-bond donors (Lipinski definition) is 1. The Bertz CT molecular complexity index is 552. The van der Waals surface area contributed by atoms with Gasteiger partial charge in [0.15, 0.2) is 11.5 Å². The van der Waals surface area contributed by atoms with Gasteiger partial charge in [-0.2, -0.15) is 5.10 Å². The van der Waals surface area contributed by atoms with E-state index in [9.17, 15) is 0 Å². The van der Waals surface area contributed by atoms with Crippen molar-refractivity contribution in [3.63, 3.8) is 0 Å². The lowest BCUT2D eigenvalue weighted by Crippen LogP contribution is -2.10. The van der Waals surface area contributed by atoms with Gasteiger partial charge in [-0.15, -0.1) is 0 Å². The highest BCUT2D eigenvalue weighted by atomic mass is 16.5. The fraction of sp³-hybridized carbons (Fsp3) is 0.545. The fourth-order valence-corrected chi connectivity index (χ4v) is 2.49. The molecule has 3 unspecified atom stereocenters. The van der Waals surface area contributed by atoms with Crippen LogP contribution >= 0.6 is 0 Å². The van der Waals surface area contributed by atoms with Gasteiger partial charge in [0.1, 0.15) is 12.4 Å². The molecule has 1 saturated heterocycles. The van der Waals surface area contributed by atoms with Gasteiger partial charge in [-0.25, -0.2) is 14.5 Å². The van der Waals surface area contributed by atoms with Crippen LogP contribution in [0.5, 0.6) is 0 Å². The summed E-state index contributed by atoms with van der Waals surface area (Å²) in [4.78, 5) is 8.18. The molecule has 0 saturated carbocycles. The summed E-state index contributed by atoms with van der Waals surface area (Å²) in [6, 6.07) is 0. The molecule has 0 spiro atoms. The van der Waals surface area contributed by atoms with Crippen LogP contribution in [0.15, 0.2) is 12.5 Å². The van der Waals surface area contributed by atoms with Gasteiger partial charge in [0.2, 0.25) is 0 Å². The molecule has 2 N–H and O–H groups in total. The molecule has 90 valence electrons. The first-order valence-electron chi connectivity index (χ1n) is 5.76. The van der Waals surface area contributed by atoms with E-state index < -0.39 is 0 Å². The molecule has 0 aliphatic carbocycles. The van der Waals surface area contributed by atoms with Gasteiger partial charge in [0.05, 0.1) is 18.0 Å². The van der Waals surface area contributed by atoms with Gasteiger partial charge >= 0.3 is 0 Å². The Morgan fingerprint density at radius 2 is 2.24 bits per heavy atom. The van der Waals surface area contributed by atoms with Crippen molar-refractivity contribution in [2.24, 2.45) is 5.92 Å². The molecule has 2 aromatic heterocycles. The molecule has 6 heteroatoms. The monoisotopic (exact) mass is 233 g/mol. The second-order valence-corrected chi connectivity index (χ2v) is 4.64. The Labute approximate surface area is 98.8 Å². The van der Waals surface area contributed by atoms with Crippen LogP contribution in [0.2, 0.25) is 0 Å². The molecular weight excluding hydrogens is 218 g/mol. The maximum absolute atomic E-state index is 5.90. The van der Waals surface area contributed by atoms with Crippen LogP contribution in [0.25, 0.3) is 5.65 Å². The van der Waals surface area contributed by atoms with Crippen LogP contribution in [0, 0.1) is 5.92 Å². The summed E-state index contributed by atoms with van der Waals surface area (Å²) in [5, 5.41) is 4.19. The molecule has 1 aliphatic rings. The number of nitrogen functional groups attached to an aromatic ring is 1. The third-order valence-electron chi connectivity index (χ3n) is 3.25. The Kier molecular flexibility index (Phi) is 2.25. The minimum absolute atomic E-state index is 0.0364. The number of hydrogen-bond acceptors (Lipinski definition) is 5. The van der Waals surface area contributed by atoms with Crippen molar-refractivity contribution < 1.29 is 4.74 Å². The molecule has 0 amide bonds. The first-order chi connectivity index (χ1) is 8.16. The van der Waals surface area contributed by atoms with E-state index in [1.807, 2.05) is 0 Å². The highest BCUT2D eigenvalue weighted by Crippen LogP contribution is 2.37. The van der Waals surface area contributed by atoms with Crippen molar-refractivity contribution in [3.05, 3.63) is 18.2 Å². The van der Waals surface area contributed by atoms with Crippen molar-refractivity contribution in [1.29, 1.82) is 0 Å². The molecule has 17 heavy (non-hydrogen) atoms. The number of imidazole rings is 1. The lowest BCUT2D eigenvalue weighted by atomic mass is 10.0. The Morgan fingerprint density at radius 1 is 1.41 bits per heavy atom. The standard InChI is InChI=1S/C11H15N5O/c1-6-3-7(2)17-9(6)8-4-13-11-10(12)14-5-15-16(8)11/h4-7,9H,3H2,1-2H3,(H2,12,14,15). The Morgan fingerprint density at radius 3 is 2.94 bits per heavy atom. The predicted molar refractivity (Wildman–Crippen MR) is 62.3 cm³/mol. The number of nitrogens with two attached hydrogens (primary N) is 1. The van der Waals surface area contributed by atoms with Crippen molar-refractivity contribution in [1.82, 2.24) is 19.6 Å². The molecule has 1 aliphatic heterocycles. The van der Waals surface area contributed by atoms with Crippen molar-refractivity contribution >= 4 is 11.5 Å². The molecule has 2 aromatic rings. The first-order valence-corrected chi connectivity index (χ1v) is 5.76. The summed E-state index contributed by atoms with van der Waals surface area (Å²) in [5.41, 5.74) is 7.30. The van der Waals surface area contributed by atoms with Crippen LogP contribution < -0.4 is 5.73 Å². The summed E-state index contributed by atoms with van der Waals surface area (Å²) in [6.45, 7) is 4.27. The lowest BCUT2D eigenvalue weighted by Gasteiger charge is -2.13. The van der Waals surface area contributed by atoms with Gasteiger partial charge in [-0.05, 0) is 19.3 Å². The average Bonchev–Trinajstić information content (AvgIpc) is 2.83. The molecule has 3 rings (SSSR count). The summed E-state index contributed by atoms with van der Waals surface area (Å²) < 4.78 is 7.63. The largest absolute Gasteiger partial charge is 0.381 e. The fourth-order valence-electron chi connectivity index (χ4n) is 2.49. The van der Waals surface area contributed by atoms with E-state index in [-0.39, 0.29) is 12.2 Å². The van der Waals surface area contributed by atoms with E-state index >= 15 is 0 Å². The summed E-state index contributed by atoms with van der Waals surface area (Å²) in [5.74, 6) is 0.853. The third kappa shape index (κ3) is 1.56. The zero-order chi connectivity index (χ0) is 12.0. The summed E-state index contributed by atoms with van der Waals surface area (Å²) in [6.07, 6.45) is 4.59. The Balaban J connectivity index is 2.09. The first kappa shape index (κ1) is 10.5. The number of aromatic nitrogens is 4. The second kappa shape index (κ2) is 3.66. The van der Waals surface area contributed by atoms with Gasteiger partial charge in [0.25, 0.3) is 0 Å². The third-order valence-corrected chi connectivity index (χ3v) is 3.25. The van der Waals surface area contributed by atoms with Gasteiger partial charge in [-0.3, -0.25) is 0 Å². The average molecular weight is 233 g/mol. The van der Waals surface area contributed by atoms with Crippen molar-refractivity contribution in [2.45, 2.75) is 32.5 Å². The van der Waals surface area contributed by atoms with Gasteiger partial charge in [0, 0.05) is 0 Å². The van der Waals surface area contributed by atoms with E-state index in [0.29, 0.717) is 17.4 Å². The predicted octanol–water partition coefficient (Wildman–Crippen LogP) is 1.19. The zero-order valence-electron chi connectivity index (χ0n) is 9.87. The summed E-state index contributed by atoms with van der Waals surface area (Å²) in [7, 11) is 0. The number of rotatable bonds is 1. The van der Waals surface area contributed by atoms with Crippen LogP contribution in [-0.2, 0) is 4.74 Å². The molecule has 0 bridgehead atoms. The van der Waals surface area contributed by atoms with E-state index in [1.54, 1.807) is 10.7 Å². The quantitative estimate of drug-likeness (QED) is 0.800. The Hall–Kier alpha value is -1.69. The van der Waals surface area contributed by atoms with Crippen LogP contribution in [0.3, 0.4) is 0 Å². The highest BCUT2D eigenvalue weighted by Gasteiger charge is 2.33. The minimum Gasteiger partial charge on any atom is -0.381 e. The van der Waals surface area contributed by atoms with E-state index in [4.69, 9.17) is 10.5 Å². The van der Waals surface area contributed by atoms with E-state index in [2.05, 4.69) is 28.9 Å². The number of anilines is 1. The number of ether oxygens (including phenoxy) is 1. The van der Waals surface area contributed by atoms with E-state index in [0.717, 1.165) is 12.1 Å². The SMILES string of the molecule is CC1CC(C)C(c2cnc3c(N)ncnn23)O1. The number of nitrogens with zero attached hydrogens (tertiary/aromatic N) is 4. The number of fused-ring (bicyclic) bond motifs is 1. The van der Waals surface area contributed by atoms with Crippen LogP contribution in [0.4, 0.5) is 5.82 Å². The normalized spacial score (nSPS) is 28.9. The molecule has 1 fully saturated rings. The topological polar surface area (TPSA) is 78.3 Å². The maximum atomic E-state index is 5.90. The van der Waals surface area contributed by atoms with Crippen LogP contribution in [-0.4, -0.2) is 25.7 Å². The molecule has 0 radical (unpaired) electrons. The van der Waals surface area contributed by atoms with Crippen LogP contribution in [0.1, 0.15) is 32.1 Å². The smallest absolute Gasteiger partial charge is 0.196 e. The lowest BCUT2D eigenvalue weighted by molar-refractivity contribution is 0.0414. The molecule has 3 atom stereocenters.